The van der Waals surface area contributed by atoms with Crippen LogP contribution in [-0.4, -0.2) is 42.3 Å². The van der Waals surface area contributed by atoms with E-state index in [0.717, 1.165) is 0 Å². The predicted octanol–water partition coefficient (Wildman–Crippen LogP) is 3.18. The Morgan fingerprint density at radius 2 is 1.46 bits per heavy atom. The van der Waals surface area contributed by atoms with Crippen molar-refractivity contribution >= 4 is 34.8 Å². The summed E-state index contributed by atoms with van der Waals surface area (Å²) in [4.78, 5) is 37.5. The molecule has 2 rings (SSSR count). The maximum Gasteiger partial charge on any atom is 0.253 e. The SMILES string of the molecule is CCN(CC)C(=O)c1cccc(NC(=O)CNc2cccc(NC(C)=O)c2)c1. The van der Waals surface area contributed by atoms with Crippen molar-refractivity contribution in [1.82, 2.24) is 4.90 Å². The summed E-state index contributed by atoms with van der Waals surface area (Å²) in [7, 11) is 0. The summed E-state index contributed by atoms with van der Waals surface area (Å²) in [5.74, 6) is -0.458. The molecule has 0 saturated heterocycles. The van der Waals surface area contributed by atoms with Gasteiger partial charge in [0.15, 0.2) is 0 Å². The number of anilines is 3. The number of amides is 3. The van der Waals surface area contributed by atoms with E-state index in [1.54, 1.807) is 47.4 Å². The number of benzene rings is 2. The van der Waals surface area contributed by atoms with E-state index < -0.39 is 0 Å². The van der Waals surface area contributed by atoms with Gasteiger partial charge in [0.1, 0.15) is 0 Å². The van der Waals surface area contributed by atoms with Crippen LogP contribution in [0.5, 0.6) is 0 Å². The third kappa shape index (κ3) is 6.12. The Balaban J connectivity index is 1.95. The van der Waals surface area contributed by atoms with E-state index >= 15 is 0 Å². The van der Waals surface area contributed by atoms with Gasteiger partial charge in [0.05, 0.1) is 6.54 Å². The van der Waals surface area contributed by atoms with Gasteiger partial charge in [-0.25, -0.2) is 0 Å². The quantitative estimate of drug-likeness (QED) is 0.654. The van der Waals surface area contributed by atoms with Gasteiger partial charge in [0.25, 0.3) is 5.91 Å². The predicted molar refractivity (Wildman–Crippen MR) is 112 cm³/mol. The van der Waals surface area contributed by atoms with Crippen molar-refractivity contribution in [1.29, 1.82) is 0 Å². The van der Waals surface area contributed by atoms with Crippen molar-refractivity contribution < 1.29 is 14.4 Å². The Morgan fingerprint density at radius 1 is 0.857 bits per heavy atom. The summed E-state index contributed by atoms with van der Waals surface area (Å²) in [5, 5.41) is 8.49. The lowest BCUT2D eigenvalue weighted by Crippen LogP contribution is -2.30. The van der Waals surface area contributed by atoms with Crippen LogP contribution >= 0.6 is 0 Å². The average molecular weight is 382 g/mol. The molecule has 2 aromatic rings. The third-order valence-corrected chi connectivity index (χ3v) is 4.08. The summed E-state index contributed by atoms with van der Waals surface area (Å²) in [5.41, 5.74) is 2.47. The lowest BCUT2D eigenvalue weighted by molar-refractivity contribution is -0.115. The molecule has 0 aromatic heterocycles. The fourth-order valence-electron chi connectivity index (χ4n) is 2.72. The van der Waals surface area contributed by atoms with E-state index in [4.69, 9.17) is 0 Å². The summed E-state index contributed by atoms with van der Waals surface area (Å²) >= 11 is 0. The van der Waals surface area contributed by atoms with Gasteiger partial charge in [-0.3, -0.25) is 14.4 Å². The molecular weight excluding hydrogens is 356 g/mol. The number of carbonyl (C=O) groups is 3. The zero-order valence-electron chi connectivity index (χ0n) is 16.4. The summed E-state index contributed by atoms with van der Waals surface area (Å²) in [6, 6.07) is 14.0. The summed E-state index contributed by atoms with van der Waals surface area (Å²) in [6.07, 6.45) is 0. The monoisotopic (exact) mass is 382 g/mol. The zero-order valence-corrected chi connectivity index (χ0v) is 16.4. The largest absolute Gasteiger partial charge is 0.376 e. The van der Waals surface area contributed by atoms with Gasteiger partial charge >= 0.3 is 0 Å². The fourth-order valence-corrected chi connectivity index (χ4v) is 2.72. The topological polar surface area (TPSA) is 90.5 Å². The zero-order chi connectivity index (χ0) is 20.5. The normalized spacial score (nSPS) is 10.1. The molecular formula is C21H26N4O3. The van der Waals surface area contributed by atoms with Crippen molar-refractivity contribution in [2.24, 2.45) is 0 Å². The molecule has 0 bridgehead atoms. The lowest BCUT2D eigenvalue weighted by atomic mass is 10.1. The van der Waals surface area contributed by atoms with Crippen LogP contribution < -0.4 is 16.0 Å². The Morgan fingerprint density at radius 3 is 2.11 bits per heavy atom. The van der Waals surface area contributed by atoms with E-state index in [1.165, 1.54) is 6.92 Å². The average Bonchev–Trinajstić information content (AvgIpc) is 2.67. The molecule has 0 spiro atoms. The Bertz CT molecular complexity index is 847. The molecule has 7 nitrogen and oxygen atoms in total. The number of nitrogens with one attached hydrogen (secondary N) is 3. The number of hydrogen-bond acceptors (Lipinski definition) is 4. The summed E-state index contributed by atoms with van der Waals surface area (Å²) in [6.45, 7) is 6.62. The van der Waals surface area contributed by atoms with Gasteiger partial charge < -0.3 is 20.9 Å². The molecule has 0 heterocycles. The van der Waals surface area contributed by atoms with E-state index in [2.05, 4.69) is 16.0 Å². The lowest BCUT2D eigenvalue weighted by Gasteiger charge is -2.19. The molecule has 0 atom stereocenters. The summed E-state index contributed by atoms with van der Waals surface area (Å²) < 4.78 is 0. The molecule has 3 N–H and O–H groups in total. The van der Waals surface area contributed by atoms with Crippen molar-refractivity contribution in [2.45, 2.75) is 20.8 Å². The maximum absolute atomic E-state index is 12.4. The highest BCUT2D eigenvalue weighted by Gasteiger charge is 2.13. The molecule has 0 fully saturated rings. The van der Waals surface area contributed by atoms with Crippen LogP contribution in [0.2, 0.25) is 0 Å². The molecule has 0 aliphatic rings. The smallest absolute Gasteiger partial charge is 0.253 e. The first kappa shape index (κ1) is 21.0. The maximum atomic E-state index is 12.4. The first-order valence-electron chi connectivity index (χ1n) is 9.23. The molecule has 148 valence electrons. The van der Waals surface area contributed by atoms with Crippen LogP contribution in [0.25, 0.3) is 0 Å². The minimum absolute atomic E-state index is 0.0533. The number of rotatable bonds is 8. The first-order chi connectivity index (χ1) is 13.4. The van der Waals surface area contributed by atoms with Crippen molar-refractivity contribution in [3.8, 4) is 0 Å². The number of carbonyl (C=O) groups excluding carboxylic acids is 3. The van der Waals surface area contributed by atoms with Gasteiger partial charge in [-0.15, -0.1) is 0 Å². The number of hydrogen-bond donors (Lipinski definition) is 3. The molecule has 0 unspecified atom stereocenters. The van der Waals surface area contributed by atoms with E-state index in [9.17, 15) is 14.4 Å². The van der Waals surface area contributed by atoms with Crippen molar-refractivity contribution in [3.63, 3.8) is 0 Å². The van der Waals surface area contributed by atoms with Crippen LogP contribution in [0.1, 0.15) is 31.1 Å². The van der Waals surface area contributed by atoms with Gasteiger partial charge in [0, 0.05) is 42.6 Å². The molecule has 0 aliphatic heterocycles. The van der Waals surface area contributed by atoms with Gasteiger partial charge in [-0.05, 0) is 50.2 Å². The second kappa shape index (κ2) is 10.1. The molecule has 0 saturated carbocycles. The van der Waals surface area contributed by atoms with E-state index in [1.807, 2.05) is 19.9 Å². The minimum Gasteiger partial charge on any atom is -0.376 e. The highest BCUT2D eigenvalue weighted by atomic mass is 16.2. The van der Waals surface area contributed by atoms with Crippen LogP contribution in [-0.2, 0) is 9.59 Å². The molecule has 7 heteroatoms. The van der Waals surface area contributed by atoms with Gasteiger partial charge in [-0.2, -0.15) is 0 Å². The second-order valence-corrected chi connectivity index (χ2v) is 6.22. The van der Waals surface area contributed by atoms with Gasteiger partial charge in [0.2, 0.25) is 11.8 Å². The van der Waals surface area contributed by atoms with Crippen LogP contribution in [0.3, 0.4) is 0 Å². The number of nitrogens with zero attached hydrogens (tertiary/aromatic N) is 1. The molecule has 3 amide bonds. The van der Waals surface area contributed by atoms with Crippen molar-refractivity contribution in [2.75, 3.05) is 35.6 Å². The van der Waals surface area contributed by atoms with Crippen LogP contribution in [0, 0.1) is 0 Å². The highest BCUT2D eigenvalue weighted by Crippen LogP contribution is 2.16. The standard InChI is InChI=1S/C21H26N4O3/c1-4-25(5-2)21(28)16-8-6-10-18(12-16)24-20(27)14-22-17-9-7-11-19(13-17)23-15(3)26/h6-13,22H,4-5,14H2,1-3H3,(H,23,26)(H,24,27). The first-order valence-corrected chi connectivity index (χ1v) is 9.23. The molecule has 2 aromatic carbocycles. The Labute approximate surface area is 165 Å². The van der Waals surface area contributed by atoms with Crippen LogP contribution in [0.15, 0.2) is 48.5 Å². The molecule has 0 radical (unpaired) electrons. The Hall–Kier alpha value is -3.35. The fraction of sp³-hybridized carbons (Fsp3) is 0.286. The van der Waals surface area contributed by atoms with Crippen LogP contribution in [0.4, 0.5) is 17.1 Å². The molecule has 28 heavy (non-hydrogen) atoms. The Kier molecular flexibility index (Phi) is 7.56. The van der Waals surface area contributed by atoms with E-state index in [-0.39, 0.29) is 24.3 Å². The second-order valence-electron chi connectivity index (χ2n) is 6.22. The van der Waals surface area contributed by atoms with Gasteiger partial charge in [-0.1, -0.05) is 12.1 Å². The molecule has 0 aliphatic carbocycles. The third-order valence-electron chi connectivity index (χ3n) is 4.08. The minimum atomic E-state index is -0.239. The van der Waals surface area contributed by atoms with Crippen molar-refractivity contribution in [3.05, 3.63) is 54.1 Å². The highest BCUT2D eigenvalue weighted by molar-refractivity contribution is 5.98. The van der Waals surface area contributed by atoms with E-state index in [0.29, 0.717) is 35.7 Å².